The van der Waals surface area contributed by atoms with Crippen LogP contribution in [0.3, 0.4) is 0 Å². The van der Waals surface area contributed by atoms with E-state index in [1.807, 2.05) is 0 Å². The molecule has 0 bridgehead atoms. The lowest BCUT2D eigenvalue weighted by Crippen LogP contribution is -2.47. The van der Waals surface area contributed by atoms with Crippen LogP contribution in [0.2, 0.25) is 0 Å². The van der Waals surface area contributed by atoms with Gasteiger partial charge in [-0.15, -0.1) is 0 Å². The lowest BCUT2D eigenvalue weighted by Gasteiger charge is -2.37. The number of carbonyl (C=O) groups is 1. The maximum Gasteiger partial charge on any atom is 0.405 e. The molecule has 1 aromatic carbocycles. The summed E-state index contributed by atoms with van der Waals surface area (Å²) >= 11 is 0. The fraction of sp³-hybridized carbons (Fsp3) is 0.588. The van der Waals surface area contributed by atoms with Gasteiger partial charge in [0, 0.05) is 17.2 Å². The minimum atomic E-state index is -4.51. The van der Waals surface area contributed by atoms with Crippen LogP contribution in [0.5, 0.6) is 5.75 Å². The van der Waals surface area contributed by atoms with Crippen LogP contribution >= 0.6 is 0 Å². The number of aliphatic hydroxyl groups excluding tert-OH is 1. The molecule has 0 spiro atoms. The number of halogens is 3. The lowest BCUT2D eigenvalue weighted by molar-refractivity contribution is -0.149. The fourth-order valence-corrected chi connectivity index (χ4v) is 4.20. The van der Waals surface area contributed by atoms with Crippen LogP contribution in [0, 0.1) is 0 Å². The van der Waals surface area contributed by atoms with Gasteiger partial charge in [-0.3, -0.25) is 9.52 Å². The van der Waals surface area contributed by atoms with Crippen molar-refractivity contribution in [2.75, 3.05) is 24.1 Å². The zero-order valence-electron chi connectivity index (χ0n) is 15.4. The Bertz CT molecular complexity index is 876. The summed E-state index contributed by atoms with van der Waals surface area (Å²) in [6.07, 6.45) is -5.55. The summed E-state index contributed by atoms with van der Waals surface area (Å²) in [5.74, 6) is -0.616. The van der Waals surface area contributed by atoms with Gasteiger partial charge in [0.15, 0.2) is 0 Å². The number of carbonyl (C=O) groups excluding carboxylic acids is 1. The minimum absolute atomic E-state index is 0.274. The summed E-state index contributed by atoms with van der Waals surface area (Å²) in [5.41, 5.74) is 1.02. The number of alkyl halides is 3. The van der Waals surface area contributed by atoms with E-state index >= 15 is 0 Å². The standard InChI is InChI=1S/C17H21F3N2O6S/c1-29(25,26)22-9-2-3-13-11(4-9)12-5-10(27-14(7-23)16(12)28-13)6-15(24)21-8-17(18,19)20/h2-4,10,12,14,16,22-23H,5-8H2,1H3,(H,21,24)/t10-,12+,14-,16-/m1/s1. The molecule has 29 heavy (non-hydrogen) atoms. The third kappa shape index (κ3) is 5.52. The molecule has 0 aliphatic carbocycles. The number of fused-ring (bicyclic) bond motifs is 3. The Morgan fingerprint density at radius 3 is 2.69 bits per heavy atom. The van der Waals surface area contributed by atoms with E-state index < -0.39 is 53.6 Å². The number of ether oxygens (including phenoxy) is 2. The molecular weight excluding hydrogens is 417 g/mol. The second-order valence-electron chi connectivity index (χ2n) is 7.13. The minimum Gasteiger partial charge on any atom is -0.487 e. The number of aliphatic hydroxyl groups is 1. The Labute approximate surface area is 165 Å². The zero-order valence-corrected chi connectivity index (χ0v) is 16.2. The molecule has 3 rings (SSSR count). The predicted octanol–water partition coefficient (Wildman–Crippen LogP) is 1.12. The Morgan fingerprint density at radius 1 is 1.34 bits per heavy atom. The quantitative estimate of drug-likeness (QED) is 0.614. The summed E-state index contributed by atoms with van der Waals surface area (Å²) in [6.45, 7) is -1.83. The number of benzene rings is 1. The highest BCUT2D eigenvalue weighted by Gasteiger charge is 2.46. The van der Waals surface area contributed by atoms with Crippen LogP contribution < -0.4 is 14.8 Å². The first-order chi connectivity index (χ1) is 13.4. The topological polar surface area (TPSA) is 114 Å². The Morgan fingerprint density at radius 2 is 2.07 bits per heavy atom. The highest BCUT2D eigenvalue weighted by atomic mass is 32.2. The third-order valence-corrected chi connectivity index (χ3v) is 5.31. The smallest absolute Gasteiger partial charge is 0.405 e. The summed E-state index contributed by atoms with van der Waals surface area (Å²) < 4.78 is 73.6. The van der Waals surface area contributed by atoms with Crippen LogP contribution in [0.15, 0.2) is 18.2 Å². The van der Waals surface area contributed by atoms with Gasteiger partial charge in [-0.1, -0.05) is 0 Å². The van der Waals surface area contributed by atoms with E-state index in [1.165, 1.54) is 6.07 Å². The molecule has 0 aromatic heterocycles. The molecule has 4 atom stereocenters. The molecule has 0 radical (unpaired) electrons. The molecule has 1 aromatic rings. The van der Waals surface area contributed by atoms with E-state index in [4.69, 9.17) is 9.47 Å². The number of hydrogen-bond donors (Lipinski definition) is 3. The maximum atomic E-state index is 12.3. The van der Waals surface area contributed by atoms with Crippen molar-refractivity contribution in [2.24, 2.45) is 0 Å². The van der Waals surface area contributed by atoms with Gasteiger partial charge in [0.2, 0.25) is 15.9 Å². The SMILES string of the molecule is CS(=O)(=O)Nc1ccc2c(c1)[C@@H]1C[C@H](CC(=O)NCC(F)(F)F)O[C@H](CO)[C@@H]1O2. The molecule has 0 unspecified atom stereocenters. The number of amides is 1. The van der Waals surface area contributed by atoms with Crippen LogP contribution in [-0.4, -0.2) is 63.3 Å². The average Bonchev–Trinajstić information content (AvgIpc) is 2.95. The molecule has 0 saturated carbocycles. The zero-order chi connectivity index (χ0) is 21.4. The predicted molar refractivity (Wildman–Crippen MR) is 96.1 cm³/mol. The maximum absolute atomic E-state index is 12.3. The highest BCUT2D eigenvalue weighted by molar-refractivity contribution is 7.92. The number of nitrogens with one attached hydrogen (secondary N) is 2. The van der Waals surface area contributed by atoms with Crippen molar-refractivity contribution in [3.63, 3.8) is 0 Å². The number of anilines is 1. The molecule has 1 amide bonds. The first-order valence-electron chi connectivity index (χ1n) is 8.83. The van der Waals surface area contributed by atoms with E-state index in [1.54, 1.807) is 17.4 Å². The molecule has 2 aliphatic rings. The average molecular weight is 438 g/mol. The number of sulfonamides is 1. The summed E-state index contributed by atoms with van der Waals surface area (Å²) in [5, 5.41) is 11.4. The van der Waals surface area contributed by atoms with Crippen LogP contribution in [0.4, 0.5) is 18.9 Å². The van der Waals surface area contributed by atoms with E-state index in [2.05, 4.69) is 4.72 Å². The Kier molecular flexibility index (Phi) is 5.97. The van der Waals surface area contributed by atoms with Crippen molar-refractivity contribution in [1.82, 2.24) is 5.32 Å². The number of hydrogen-bond acceptors (Lipinski definition) is 6. The van der Waals surface area contributed by atoms with Gasteiger partial charge in [0.05, 0.1) is 25.4 Å². The molecule has 2 aliphatic heterocycles. The van der Waals surface area contributed by atoms with Gasteiger partial charge in [-0.05, 0) is 24.6 Å². The molecule has 162 valence electrons. The second kappa shape index (κ2) is 8.00. The number of rotatable bonds is 6. The van der Waals surface area contributed by atoms with Crippen LogP contribution in [0.25, 0.3) is 0 Å². The van der Waals surface area contributed by atoms with Gasteiger partial charge in [-0.25, -0.2) is 8.42 Å². The van der Waals surface area contributed by atoms with Gasteiger partial charge in [0.1, 0.15) is 24.5 Å². The Balaban J connectivity index is 1.74. The first-order valence-corrected chi connectivity index (χ1v) is 10.7. The van der Waals surface area contributed by atoms with E-state index in [-0.39, 0.29) is 18.8 Å². The van der Waals surface area contributed by atoms with Crippen molar-refractivity contribution < 1.29 is 41.0 Å². The molecule has 1 fully saturated rings. The lowest BCUT2D eigenvalue weighted by atomic mass is 9.84. The van der Waals surface area contributed by atoms with Crippen molar-refractivity contribution >= 4 is 21.6 Å². The van der Waals surface area contributed by atoms with E-state index in [0.29, 0.717) is 17.0 Å². The van der Waals surface area contributed by atoms with Gasteiger partial charge in [-0.2, -0.15) is 13.2 Å². The van der Waals surface area contributed by atoms with Crippen molar-refractivity contribution in [1.29, 1.82) is 0 Å². The second-order valence-corrected chi connectivity index (χ2v) is 8.88. The third-order valence-electron chi connectivity index (χ3n) is 4.70. The summed E-state index contributed by atoms with van der Waals surface area (Å²) in [6, 6.07) is 4.75. The molecule has 3 N–H and O–H groups in total. The normalized spacial score (nSPS) is 26.2. The first kappa shape index (κ1) is 21.7. The molecule has 2 heterocycles. The van der Waals surface area contributed by atoms with Crippen molar-refractivity contribution in [3.8, 4) is 5.75 Å². The molecule has 1 saturated heterocycles. The summed E-state index contributed by atoms with van der Waals surface area (Å²) in [4.78, 5) is 11.8. The summed E-state index contributed by atoms with van der Waals surface area (Å²) in [7, 11) is -3.48. The van der Waals surface area contributed by atoms with Gasteiger partial charge < -0.3 is 19.9 Å². The molecule has 8 nitrogen and oxygen atoms in total. The molecular formula is C17H21F3N2O6S. The van der Waals surface area contributed by atoms with Gasteiger partial charge >= 0.3 is 6.18 Å². The van der Waals surface area contributed by atoms with Crippen LogP contribution in [-0.2, 0) is 19.6 Å². The monoisotopic (exact) mass is 438 g/mol. The van der Waals surface area contributed by atoms with Crippen LogP contribution in [0.1, 0.15) is 24.3 Å². The largest absolute Gasteiger partial charge is 0.487 e. The van der Waals surface area contributed by atoms with Crippen molar-refractivity contribution in [2.45, 2.75) is 43.2 Å². The van der Waals surface area contributed by atoms with E-state index in [0.717, 1.165) is 6.26 Å². The highest BCUT2D eigenvalue weighted by Crippen LogP contribution is 2.47. The van der Waals surface area contributed by atoms with E-state index in [9.17, 15) is 31.5 Å². The van der Waals surface area contributed by atoms with Crippen molar-refractivity contribution in [3.05, 3.63) is 23.8 Å². The van der Waals surface area contributed by atoms with Gasteiger partial charge in [0.25, 0.3) is 0 Å². The Hall–Kier alpha value is -2.05. The molecule has 12 heteroatoms. The fourth-order valence-electron chi connectivity index (χ4n) is 3.64.